The molecule has 0 saturated carbocycles. The molecule has 0 radical (unpaired) electrons. The quantitative estimate of drug-likeness (QED) is 0.192. The van der Waals surface area contributed by atoms with Crippen LogP contribution in [0.1, 0.15) is 5.82 Å². The van der Waals surface area contributed by atoms with E-state index < -0.39 is 10.0 Å². The van der Waals surface area contributed by atoms with Crippen LogP contribution in [0, 0.1) is 0 Å². The number of β-amino-alcohol motifs (C(OH)–C–C–N with tert-alkyl or cyclic N) is 1. The predicted molar refractivity (Wildman–Crippen MR) is 153 cm³/mol. The van der Waals surface area contributed by atoms with Crippen molar-refractivity contribution in [3.8, 4) is 0 Å². The molecule has 2 aromatic heterocycles. The molecule has 0 atom stereocenters. The Labute approximate surface area is 231 Å². The van der Waals surface area contributed by atoms with E-state index in [9.17, 15) is 8.42 Å². The summed E-state index contributed by atoms with van der Waals surface area (Å²) in [6.07, 6.45) is 2.56. The highest BCUT2D eigenvalue weighted by Crippen LogP contribution is 2.30. The molecule has 0 unspecified atom stereocenters. The highest BCUT2D eigenvalue weighted by Gasteiger charge is 2.18. The number of imidazole rings is 1. The fourth-order valence-corrected chi connectivity index (χ4v) is 5.11. The molecule has 1 saturated heterocycles. The molecule has 0 aliphatic carbocycles. The number of aromatic nitrogens is 4. The maximum absolute atomic E-state index is 11.7. The van der Waals surface area contributed by atoms with Crippen LogP contribution in [0.25, 0.3) is 11.0 Å². The number of aliphatic hydroxyl groups excluding tert-OH is 1. The number of hydrogen-bond acceptors (Lipinski definition) is 10. The lowest BCUT2D eigenvalue weighted by Crippen LogP contribution is -2.46. The summed E-state index contributed by atoms with van der Waals surface area (Å²) < 4.78 is 26.0. The average molecular weight is 572 g/mol. The molecule has 1 aliphatic rings. The van der Waals surface area contributed by atoms with Crippen LogP contribution >= 0.6 is 11.6 Å². The standard InChI is InChI=1S/C25H30ClN9O3S/c1-39(37,38)33-21-5-3-2-4-19(21)31-24-18(26)15-27-25(32-24)28-17-6-7-20-22(14-17)30-23(29-20)16-35-10-8-34(9-11-35)12-13-36/h2-7,14-15,33,36H,8-13,16H2,1H3,(H,29,30)(H2,27,28,31,32). The average Bonchev–Trinajstić information content (AvgIpc) is 3.29. The van der Waals surface area contributed by atoms with Crippen molar-refractivity contribution in [2.75, 3.05) is 60.9 Å². The van der Waals surface area contributed by atoms with E-state index in [1.807, 2.05) is 18.2 Å². The van der Waals surface area contributed by atoms with E-state index in [2.05, 4.69) is 40.1 Å². The lowest BCUT2D eigenvalue weighted by Gasteiger charge is -2.33. The van der Waals surface area contributed by atoms with Gasteiger partial charge in [0.2, 0.25) is 16.0 Å². The van der Waals surface area contributed by atoms with Gasteiger partial charge in [0, 0.05) is 38.4 Å². The molecule has 12 nitrogen and oxygen atoms in total. The summed E-state index contributed by atoms with van der Waals surface area (Å²) in [5.41, 5.74) is 3.39. The SMILES string of the molecule is CS(=O)(=O)Nc1ccccc1Nc1nc(Nc2ccc3nc(CN4CCN(CCO)CC4)[nH]c3c2)ncc1Cl. The molecule has 3 heterocycles. The van der Waals surface area contributed by atoms with Gasteiger partial charge in [0.25, 0.3) is 0 Å². The zero-order valence-corrected chi connectivity index (χ0v) is 22.9. The number of rotatable bonds is 10. The minimum atomic E-state index is -3.47. The molecule has 5 N–H and O–H groups in total. The second-order valence-electron chi connectivity index (χ2n) is 9.32. The van der Waals surface area contributed by atoms with E-state index in [0.29, 0.717) is 23.1 Å². The van der Waals surface area contributed by atoms with Gasteiger partial charge in [-0.2, -0.15) is 4.98 Å². The lowest BCUT2D eigenvalue weighted by atomic mass is 10.2. The van der Waals surface area contributed by atoms with Crippen LogP contribution in [0.15, 0.2) is 48.7 Å². The highest BCUT2D eigenvalue weighted by atomic mass is 35.5. The summed E-state index contributed by atoms with van der Waals surface area (Å²) in [5.74, 6) is 1.53. The minimum Gasteiger partial charge on any atom is -0.395 e. The van der Waals surface area contributed by atoms with Gasteiger partial charge in [-0.25, -0.2) is 18.4 Å². The van der Waals surface area contributed by atoms with E-state index in [-0.39, 0.29) is 11.6 Å². The van der Waals surface area contributed by atoms with Crippen molar-refractivity contribution in [1.82, 2.24) is 29.7 Å². The van der Waals surface area contributed by atoms with Crippen LogP contribution in [0.4, 0.5) is 28.8 Å². The summed E-state index contributed by atoms with van der Waals surface area (Å²) in [6, 6.07) is 12.6. The number of nitrogens with zero attached hydrogens (tertiary/aromatic N) is 5. The fraction of sp³-hybridized carbons (Fsp3) is 0.320. The molecular formula is C25H30ClN9O3S. The number of sulfonamides is 1. The molecule has 1 aliphatic heterocycles. The Kier molecular flexibility index (Phi) is 8.14. The number of benzene rings is 2. The van der Waals surface area contributed by atoms with Crippen molar-refractivity contribution < 1.29 is 13.5 Å². The number of hydrogen-bond donors (Lipinski definition) is 5. The molecule has 0 spiro atoms. The Morgan fingerprint density at radius 1 is 1.03 bits per heavy atom. The maximum Gasteiger partial charge on any atom is 0.229 e. The van der Waals surface area contributed by atoms with Crippen LogP contribution in [0.2, 0.25) is 5.02 Å². The number of fused-ring (bicyclic) bond motifs is 1. The first-order chi connectivity index (χ1) is 18.8. The lowest BCUT2D eigenvalue weighted by molar-refractivity contribution is 0.107. The molecule has 5 rings (SSSR count). The van der Waals surface area contributed by atoms with Gasteiger partial charge in [0.1, 0.15) is 10.8 Å². The zero-order chi connectivity index (χ0) is 27.4. The molecule has 14 heteroatoms. The van der Waals surface area contributed by atoms with Crippen molar-refractivity contribution in [2.45, 2.75) is 6.54 Å². The second-order valence-corrected chi connectivity index (χ2v) is 11.5. The van der Waals surface area contributed by atoms with Crippen LogP contribution in [-0.2, 0) is 16.6 Å². The Bertz CT molecular complexity index is 1560. The number of aliphatic hydroxyl groups is 1. The second kappa shape index (κ2) is 11.7. The van der Waals surface area contributed by atoms with Crippen molar-refractivity contribution in [2.24, 2.45) is 0 Å². The Balaban J connectivity index is 1.28. The fourth-order valence-electron chi connectivity index (χ4n) is 4.39. The number of piperazine rings is 1. The van der Waals surface area contributed by atoms with Gasteiger partial charge >= 0.3 is 0 Å². The van der Waals surface area contributed by atoms with Crippen molar-refractivity contribution >= 4 is 61.5 Å². The van der Waals surface area contributed by atoms with Gasteiger partial charge in [-0.3, -0.25) is 14.5 Å². The Hall–Kier alpha value is -3.49. The molecule has 0 bridgehead atoms. The van der Waals surface area contributed by atoms with Gasteiger partial charge in [-0.05, 0) is 30.3 Å². The summed E-state index contributed by atoms with van der Waals surface area (Å²) in [5, 5.41) is 15.7. The maximum atomic E-state index is 11.7. The zero-order valence-electron chi connectivity index (χ0n) is 21.4. The molecule has 206 valence electrons. The van der Waals surface area contributed by atoms with E-state index in [0.717, 1.165) is 68.1 Å². The van der Waals surface area contributed by atoms with Crippen LogP contribution in [0.3, 0.4) is 0 Å². The molecule has 1 fully saturated rings. The number of aromatic amines is 1. The molecular weight excluding hydrogens is 542 g/mol. The van der Waals surface area contributed by atoms with E-state index in [1.165, 1.54) is 6.20 Å². The number of H-pyrrole nitrogens is 1. The summed E-state index contributed by atoms with van der Waals surface area (Å²) in [7, 11) is -3.47. The summed E-state index contributed by atoms with van der Waals surface area (Å²) >= 11 is 6.33. The molecule has 0 amide bonds. The molecule has 39 heavy (non-hydrogen) atoms. The van der Waals surface area contributed by atoms with E-state index in [1.54, 1.807) is 24.3 Å². The normalized spacial score (nSPS) is 14.9. The Morgan fingerprint density at radius 3 is 2.51 bits per heavy atom. The van der Waals surface area contributed by atoms with Crippen LogP contribution in [0.5, 0.6) is 0 Å². The van der Waals surface area contributed by atoms with Gasteiger partial charge < -0.3 is 20.7 Å². The van der Waals surface area contributed by atoms with Gasteiger partial charge in [-0.15, -0.1) is 0 Å². The first-order valence-corrected chi connectivity index (χ1v) is 14.7. The van der Waals surface area contributed by atoms with Gasteiger partial charge in [0.05, 0.1) is 48.0 Å². The van der Waals surface area contributed by atoms with Crippen LogP contribution < -0.4 is 15.4 Å². The molecule has 2 aromatic carbocycles. The smallest absolute Gasteiger partial charge is 0.229 e. The Morgan fingerprint density at radius 2 is 1.77 bits per heavy atom. The number of nitrogens with one attached hydrogen (secondary N) is 4. The molecule has 4 aromatic rings. The van der Waals surface area contributed by atoms with Crippen molar-refractivity contribution in [3.63, 3.8) is 0 Å². The first kappa shape index (κ1) is 27.1. The minimum absolute atomic E-state index is 0.190. The topological polar surface area (TPSA) is 151 Å². The van der Waals surface area contributed by atoms with Crippen LogP contribution in [-0.4, -0.2) is 88.8 Å². The number of anilines is 5. The third-order valence-electron chi connectivity index (χ3n) is 6.26. The van der Waals surface area contributed by atoms with Crippen molar-refractivity contribution in [1.29, 1.82) is 0 Å². The summed E-state index contributed by atoms with van der Waals surface area (Å²) in [4.78, 5) is 21.5. The third kappa shape index (κ3) is 7.13. The van der Waals surface area contributed by atoms with E-state index in [4.69, 9.17) is 21.7 Å². The van der Waals surface area contributed by atoms with Crippen molar-refractivity contribution in [3.05, 3.63) is 59.5 Å². The van der Waals surface area contributed by atoms with E-state index >= 15 is 0 Å². The third-order valence-corrected chi connectivity index (χ3v) is 7.13. The van der Waals surface area contributed by atoms with Gasteiger partial charge in [-0.1, -0.05) is 23.7 Å². The summed E-state index contributed by atoms with van der Waals surface area (Å²) in [6.45, 7) is 5.38. The number of halogens is 1. The van der Waals surface area contributed by atoms with Gasteiger partial charge in [0.15, 0.2) is 5.82 Å². The largest absolute Gasteiger partial charge is 0.395 e. The predicted octanol–water partition coefficient (Wildman–Crippen LogP) is 2.97. The highest BCUT2D eigenvalue weighted by molar-refractivity contribution is 7.92. The monoisotopic (exact) mass is 571 g/mol. The first-order valence-electron chi connectivity index (χ1n) is 12.4. The number of para-hydroxylation sites is 2.